The van der Waals surface area contributed by atoms with Gasteiger partial charge in [-0.2, -0.15) is 0 Å². The van der Waals surface area contributed by atoms with Gasteiger partial charge in [-0.25, -0.2) is 4.39 Å². The maximum Gasteiger partial charge on any atom is 0.123 e. The molecule has 0 heterocycles. The highest BCUT2D eigenvalue weighted by atomic mass is 79.9. The Morgan fingerprint density at radius 2 is 1.84 bits per heavy atom. The van der Waals surface area contributed by atoms with Crippen LogP contribution >= 0.6 is 27.5 Å². The number of rotatable bonds is 4. The SMILES string of the molecule is Cc1ccc(F)cc1CC(CBr)c1ccc(Cl)cc1. The summed E-state index contributed by atoms with van der Waals surface area (Å²) in [5.41, 5.74) is 3.39. The van der Waals surface area contributed by atoms with Gasteiger partial charge in [-0.15, -0.1) is 0 Å². The maximum atomic E-state index is 13.3. The smallest absolute Gasteiger partial charge is 0.123 e. The summed E-state index contributed by atoms with van der Waals surface area (Å²) in [6.45, 7) is 2.02. The van der Waals surface area contributed by atoms with Gasteiger partial charge in [0.25, 0.3) is 0 Å². The lowest BCUT2D eigenvalue weighted by Crippen LogP contribution is -2.06. The molecule has 1 atom stereocenters. The summed E-state index contributed by atoms with van der Waals surface area (Å²) < 4.78 is 13.3. The molecule has 0 bridgehead atoms. The van der Waals surface area contributed by atoms with E-state index in [-0.39, 0.29) is 5.82 Å². The van der Waals surface area contributed by atoms with Crippen molar-refractivity contribution in [3.63, 3.8) is 0 Å². The first-order chi connectivity index (χ1) is 9.10. The van der Waals surface area contributed by atoms with Crippen LogP contribution < -0.4 is 0 Å². The molecule has 100 valence electrons. The Kier molecular flexibility index (Phi) is 5.00. The molecule has 0 spiro atoms. The second-order valence-electron chi connectivity index (χ2n) is 4.68. The van der Waals surface area contributed by atoms with Crippen LogP contribution in [0.15, 0.2) is 42.5 Å². The fraction of sp³-hybridized carbons (Fsp3) is 0.250. The Bertz CT molecular complexity index is 551. The van der Waals surface area contributed by atoms with E-state index in [0.717, 1.165) is 27.9 Å². The zero-order valence-corrected chi connectivity index (χ0v) is 13.0. The van der Waals surface area contributed by atoms with Gasteiger partial charge >= 0.3 is 0 Å². The molecule has 2 aromatic carbocycles. The first kappa shape index (κ1) is 14.5. The van der Waals surface area contributed by atoms with E-state index < -0.39 is 0 Å². The highest BCUT2D eigenvalue weighted by molar-refractivity contribution is 9.09. The number of benzene rings is 2. The lowest BCUT2D eigenvalue weighted by molar-refractivity contribution is 0.622. The Balaban J connectivity index is 2.23. The number of hydrogen-bond acceptors (Lipinski definition) is 0. The normalized spacial score (nSPS) is 12.4. The Labute approximate surface area is 126 Å². The van der Waals surface area contributed by atoms with E-state index in [9.17, 15) is 4.39 Å². The lowest BCUT2D eigenvalue weighted by Gasteiger charge is -2.16. The Hall–Kier alpha value is -0.860. The molecule has 0 N–H and O–H groups in total. The van der Waals surface area contributed by atoms with Crippen molar-refractivity contribution in [2.45, 2.75) is 19.3 Å². The van der Waals surface area contributed by atoms with Crippen LogP contribution in [-0.4, -0.2) is 5.33 Å². The van der Waals surface area contributed by atoms with Gasteiger partial charge in [0.15, 0.2) is 0 Å². The molecule has 3 heteroatoms. The predicted molar refractivity (Wildman–Crippen MR) is 82.8 cm³/mol. The van der Waals surface area contributed by atoms with Crippen LogP contribution in [0.5, 0.6) is 0 Å². The van der Waals surface area contributed by atoms with Gasteiger partial charge in [-0.05, 0) is 60.2 Å². The van der Waals surface area contributed by atoms with Crippen LogP contribution in [0.3, 0.4) is 0 Å². The van der Waals surface area contributed by atoms with E-state index in [2.05, 4.69) is 15.9 Å². The molecule has 0 saturated carbocycles. The molecule has 0 radical (unpaired) electrons. The third-order valence-electron chi connectivity index (χ3n) is 3.31. The second-order valence-corrected chi connectivity index (χ2v) is 5.76. The van der Waals surface area contributed by atoms with Gasteiger partial charge in [-0.1, -0.05) is 45.7 Å². The molecule has 0 amide bonds. The highest BCUT2D eigenvalue weighted by Crippen LogP contribution is 2.26. The molecule has 0 aliphatic heterocycles. The van der Waals surface area contributed by atoms with Crippen LogP contribution in [0, 0.1) is 12.7 Å². The largest absolute Gasteiger partial charge is 0.207 e. The summed E-state index contributed by atoms with van der Waals surface area (Å²) in [6, 6.07) is 12.8. The first-order valence-electron chi connectivity index (χ1n) is 6.16. The molecule has 0 aromatic heterocycles. The topological polar surface area (TPSA) is 0 Å². The van der Waals surface area contributed by atoms with E-state index in [1.54, 1.807) is 6.07 Å². The second kappa shape index (κ2) is 6.53. The van der Waals surface area contributed by atoms with E-state index in [1.807, 2.05) is 37.3 Å². The minimum Gasteiger partial charge on any atom is -0.207 e. The van der Waals surface area contributed by atoms with Crippen molar-refractivity contribution in [3.8, 4) is 0 Å². The van der Waals surface area contributed by atoms with Gasteiger partial charge in [0.1, 0.15) is 5.82 Å². The third-order valence-corrected chi connectivity index (χ3v) is 4.34. The standard InChI is InChI=1S/C16H15BrClF/c1-11-2-7-16(19)9-13(11)8-14(10-17)12-3-5-15(18)6-4-12/h2-7,9,14H,8,10H2,1H3. The van der Waals surface area contributed by atoms with Gasteiger partial charge in [0.2, 0.25) is 0 Å². The predicted octanol–water partition coefficient (Wildman–Crippen LogP) is 5.51. The maximum absolute atomic E-state index is 13.3. The van der Waals surface area contributed by atoms with E-state index in [4.69, 9.17) is 11.6 Å². The van der Waals surface area contributed by atoms with Crippen molar-refractivity contribution >= 4 is 27.5 Å². The third kappa shape index (κ3) is 3.80. The van der Waals surface area contributed by atoms with Crippen molar-refractivity contribution in [2.75, 3.05) is 5.33 Å². The van der Waals surface area contributed by atoms with Crippen molar-refractivity contribution in [2.24, 2.45) is 0 Å². The van der Waals surface area contributed by atoms with E-state index in [1.165, 1.54) is 11.6 Å². The highest BCUT2D eigenvalue weighted by Gasteiger charge is 2.13. The minimum atomic E-state index is -0.176. The molecule has 0 saturated heterocycles. The summed E-state index contributed by atoms with van der Waals surface area (Å²) in [5, 5.41) is 1.57. The first-order valence-corrected chi connectivity index (χ1v) is 7.66. The molecule has 0 aliphatic carbocycles. The molecule has 0 aliphatic rings. The zero-order valence-electron chi connectivity index (χ0n) is 10.7. The molecule has 1 unspecified atom stereocenters. The monoisotopic (exact) mass is 340 g/mol. The van der Waals surface area contributed by atoms with Crippen LogP contribution in [0.4, 0.5) is 4.39 Å². The molecule has 0 fully saturated rings. The molecular weight excluding hydrogens is 327 g/mol. The van der Waals surface area contributed by atoms with Crippen LogP contribution in [0.1, 0.15) is 22.6 Å². The lowest BCUT2D eigenvalue weighted by atomic mass is 9.92. The van der Waals surface area contributed by atoms with Crippen LogP contribution in [-0.2, 0) is 6.42 Å². The number of alkyl halides is 1. The average molecular weight is 342 g/mol. The molecule has 19 heavy (non-hydrogen) atoms. The van der Waals surface area contributed by atoms with Gasteiger partial charge < -0.3 is 0 Å². The summed E-state index contributed by atoms with van der Waals surface area (Å²) in [4.78, 5) is 0. The zero-order chi connectivity index (χ0) is 13.8. The van der Waals surface area contributed by atoms with Crippen molar-refractivity contribution < 1.29 is 4.39 Å². The molecule has 2 rings (SSSR count). The van der Waals surface area contributed by atoms with Crippen LogP contribution in [0.2, 0.25) is 5.02 Å². The van der Waals surface area contributed by atoms with Crippen molar-refractivity contribution in [1.29, 1.82) is 0 Å². The van der Waals surface area contributed by atoms with Crippen LogP contribution in [0.25, 0.3) is 0 Å². The quantitative estimate of drug-likeness (QED) is 0.643. The van der Waals surface area contributed by atoms with Crippen molar-refractivity contribution in [1.82, 2.24) is 0 Å². The minimum absolute atomic E-state index is 0.176. The van der Waals surface area contributed by atoms with Crippen molar-refractivity contribution in [3.05, 3.63) is 70.0 Å². The van der Waals surface area contributed by atoms with Gasteiger partial charge in [0.05, 0.1) is 0 Å². The van der Waals surface area contributed by atoms with Gasteiger partial charge in [0, 0.05) is 10.4 Å². The Morgan fingerprint density at radius 3 is 2.47 bits per heavy atom. The summed E-state index contributed by atoms with van der Waals surface area (Å²) in [6.07, 6.45) is 0.816. The average Bonchev–Trinajstić information content (AvgIpc) is 2.41. The fourth-order valence-electron chi connectivity index (χ4n) is 2.12. The molecular formula is C16H15BrClF. The summed E-state index contributed by atoms with van der Waals surface area (Å²) in [7, 11) is 0. The number of aryl methyl sites for hydroxylation is 1. The van der Waals surface area contributed by atoms with Gasteiger partial charge in [-0.3, -0.25) is 0 Å². The fourth-order valence-corrected chi connectivity index (χ4v) is 2.85. The number of halogens is 3. The number of hydrogen-bond donors (Lipinski definition) is 0. The summed E-state index contributed by atoms with van der Waals surface area (Å²) in [5.74, 6) is 0.141. The Morgan fingerprint density at radius 1 is 1.16 bits per heavy atom. The summed E-state index contributed by atoms with van der Waals surface area (Å²) >= 11 is 9.45. The molecule has 0 nitrogen and oxygen atoms in total. The molecule has 2 aromatic rings. The van der Waals surface area contributed by atoms with E-state index >= 15 is 0 Å². The van der Waals surface area contributed by atoms with E-state index in [0.29, 0.717) is 5.92 Å².